The number of ether oxygens (including phenoxy) is 2. The molecule has 0 radical (unpaired) electrons. The molecule has 0 saturated carbocycles. The highest BCUT2D eigenvalue weighted by molar-refractivity contribution is 7.20. The van der Waals surface area contributed by atoms with Crippen molar-refractivity contribution in [1.82, 2.24) is 14.9 Å². The molecule has 0 aliphatic carbocycles. The summed E-state index contributed by atoms with van der Waals surface area (Å²) >= 11 is 1.28. The average molecular weight is 457 g/mol. The molecular weight excluding hydrogens is 428 g/mol. The minimum absolute atomic E-state index is 0.210. The number of fused-ring (bicyclic) bond motifs is 1. The number of aromatic nitrogens is 2. The molecule has 2 amide bonds. The second kappa shape index (κ2) is 10.5. The van der Waals surface area contributed by atoms with E-state index in [1.54, 1.807) is 18.9 Å². The summed E-state index contributed by atoms with van der Waals surface area (Å²) in [6.07, 6.45) is 0.722. The number of para-hydroxylation sites is 1. The van der Waals surface area contributed by atoms with Crippen LogP contribution in [0.1, 0.15) is 41.3 Å². The van der Waals surface area contributed by atoms with Gasteiger partial charge in [0.2, 0.25) is 11.8 Å². The van der Waals surface area contributed by atoms with Crippen molar-refractivity contribution in [3.63, 3.8) is 0 Å². The van der Waals surface area contributed by atoms with Crippen LogP contribution in [0.4, 0.5) is 5.69 Å². The maximum Gasteiger partial charge on any atom is 0.264 e. The van der Waals surface area contributed by atoms with Gasteiger partial charge in [-0.15, -0.1) is 11.3 Å². The van der Waals surface area contributed by atoms with Gasteiger partial charge in [0.15, 0.2) is 5.82 Å². The zero-order valence-electron chi connectivity index (χ0n) is 19.0. The lowest BCUT2D eigenvalue weighted by molar-refractivity contribution is -0.120. The highest BCUT2D eigenvalue weighted by Gasteiger charge is 2.30. The summed E-state index contributed by atoms with van der Waals surface area (Å²) in [5.41, 5.74) is 1.43. The molecular formula is C23H28N4O4S. The van der Waals surface area contributed by atoms with Crippen molar-refractivity contribution in [2.75, 3.05) is 26.1 Å². The minimum atomic E-state index is -0.649. The van der Waals surface area contributed by atoms with Crippen LogP contribution < -0.4 is 10.1 Å². The molecule has 3 rings (SSSR count). The fourth-order valence-electron chi connectivity index (χ4n) is 3.44. The number of hydrogen-bond acceptors (Lipinski definition) is 7. The summed E-state index contributed by atoms with van der Waals surface area (Å²) in [6.45, 7) is 6.27. The zero-order valence-corrected chi connectivity index (χ0v) is 19.8. The number of thiophene rings is 1. The molecule has 0 saturated heterocycles. The monoisotopic (exact) mass is 456 g/mol. The van der Waals surface area contributed by atoms with E-state index < -0.39 is 6.04 Å². The summed E-state index contributed by atoms with van der Waals surface area (Å²) in [5, 5.41) is 3.59. The maximum atomic E-state index is 13.6. The van der Waals surface area contributed by atoms with Gasteiger partial charge in [0, 0.05) is 19.3 Å². The number of carbonyl (C=O) groups is 2. The van der Waals surface area contributed by atoms with Gasteiger partial charge in [0.1, 0.15) is 17.5 Å². The fourth-order valence-corrected chi connectivity index (χ4v) is 4.59. The number of nitrogens with one attached hydrogen (secondary N) is 1. The van der Waals surface area contributed by atoms with Crippen LogP contribution in [-0.2, 0) is 16.1 Å². The number of aryl methyl sites for hydroxylation is 1. The van der Waals surface area contributed by atoms with Crippen LogP contribution in [0, 0.1) is 6.92 Å². The molecule has 0 aliphatic heterocycles. The van der Waals surface area contributed by atoms with E-state index in [9.17, 15) is 9.59 Å². The Morgan fingerprint density at radius 2 is 1.91 bits per heavy atom. The smallest absolute Gasteiger partial charge is 0.264 e. The molecule has 2 heterocycles. The van der Waals surface area contributed by atoms with E-state index in [2.05, 4.69) is 15.3 Å². The molecule has 1 unspecified atom stereocenters. The van der Waals surface area contributed by atoms with Crippen LogP contribution in [0.2, 0.25) is 0 Å². The Labute approximate surface area is 191 Å². The van der Waals surface area contributed by atoms with Crippen LogP contribution in [0.5, 0.6) is 5.88 Å². The number of anilines is 1. The van der Waals surface area contributed by atoms with Crippen LogP contribution in [0.15, 0.2) is 30.3 Å². The Morgan fingerprint density at radius 1 is 1.19 bits per heavy atom. The van der Waals surface area contributed by atoms with Crippen molar-refractivity contribution in [3.05, 3.63) is 46.6 Å². The predicted molar refractivity (Wildman–Crippen MR) is 125 cm³/mol. The Balaban J connectivity index is 1.94. The lowest BCUT2D eigenvalue weighted by Crippen LogP contribution is -2.46. The second-order valence-corrected chi connectivity index (χ2v) is 8.35. The SMILES string of the molecule is CCCN(C(=O)c1sc2nc(COC)nc(OC)c2c1C)C(C)C(=O)Nc1ccccc1. The van der Waals surface area contributed by atoms with E-state index in [-0.39, 0.29) is 18.4 Å². The summed E-state index contributed by atoms with van der Waals surface area (Å²) in [6, 6.07) is 8.56. The van der Waals surface area contributed by atoms with E-state index >= 15 is 0 Å². The molecule has 0 bridgehead atoms. The van der Waals surface area contributed by atoms with Gasteiger partial charge in [-0.25, -0.2) is 4.98 Å². The molecule has 3 aromatic rings. The standard InChI is InChI=1S/C23H28N4O4S/c1-6-12-27(15(3)20(28)24-16-10-8-7-9-11-16)23(29)19-14(2)18-21(31-5)25-17(13-30-4)26-22(18)32-19/h7-11,15H,6,12-13H2,1-5H3,(H,24,28). The molecule has 1 N–H and O–H groups in total. The number of carbonyl (C=O) groups excluding carboxylic acids is 2. The number of rotatable bonds is 9. The van der Waals surface area contributed by atoms with Crippen molar-refractivity contribution < 1.29 is 19.1 Å². The summed E-state index contributed by atoms with van der Waals surface area (Å²) < 4.78 is 10.6. The first-order valence-corrected chi connectivity index (χ1v) is 11.2. The first-order chi connectivity index (χ1) is 15.4. The fraction of sp³-hybridized carbons (Fsp3) is 0.391. The quantitative estimate of drug-likeness (QED) is 0.522. The molecule has 32 heavy (non-hydrogen) atoms. The molecule has 2 aromatic heterocycles. The van der Waals surface area contributed by atoms with Gasteiger partial charge in [-0.1, -0.05) is 25.1 Å². The van der Waals surface area contributed by atoms with Gasteiger partial charge in [0.05, 0.1) is 17.4 Å². The Hall–Kier alpha value is -3.04. The van der Waals surface area contributed by atoms with Gasteiger partial charge in [-0.3, -0.25) is 9.59 Å². The van der Waals surface area contributed by atoms with E-state index in [0.29, 0.717) is 39.0 Å². The predicted octanol–water partition coefficient (Wildman–Crippen LogP) is 4.03. The van der Waals surface area contributed by atoms with Crippen molar-refractivity contribution in [3.8, 4) is 5.88 Å². The Bertz CT molecular complexity index is 1100. The van der Waals surface area contributed by atoms with Gasteiger partial charge < -0.3 is 19.7 Å². The van der Waals surface area contributed by atoms with Crippen molar-refractivity contribution in [1.29, 1.82) is 0 Å². The third-order valence-electron chi connectivity index (χ3n) is 5.08. The van der Waals surface area contributed by atoms with Gasteiger partial charge in [-0.2, -0.15) is 4.98 Å². The first kappa shape index (κ1) is 23.6. The lowest BCUT2D eigenvalue weighted by atomic mass is 10.1. The topological polar surface area (TPSA) is 93.7 Å². The van der Waals surface area contributed by atoms with E-state index in [4.69, 9.17) is 9.47 Å². The molecule has 9 heteroatoms. The van der Waals surface area contributed by atoms with Crippen molar-refractivity contribution in [2.24, 2.45) is 0 Å². The third kappa shape index (κ3) is 4.89. The number of benzene rings is 1. The average Bonchev–Trinajstić information content (AvgIpc) is 3.13. The molecule has 0 fully saturated rings. The molecule has 170 valence electrons. The zero-order chi connectivity index (χ0) is 23.3. The molecule has 0 spiro atoms. The van der Waals surface area contributed by atoms with Crippen LogP contribution in [0.3, 0.4) is 0 Å². The Morgan fingerprint density at radius 3 is 2.53 bits per heavy atom. The Kier molecular flexibility index (Phi) is 7.76. The maximum absolute atomic E-state index is 13.6. The summed E-state index contributed by atoms with van der Waals surface area (Å²) in [4.78, 5) is 38.2. The van der Waals surface area contributed by atoms with Gasteiger partial charge >= 0.3 is 0 Å². The molecule has 1 atom stereocenters. The molecule has 8 nitrogen and oxygen atoms in total. The minimum Gasteiger partial charge on any atom is -0.480 e. The van der Waals surface area contributed by atoms with E-state index in [1.807, 2.05) is 44.2 Å². The van der Waals surface area contributed by atoms with Crippen LogP contribution in [-0.4, -0.2) is 53.5 Å². The third-order valence-corrected chi connectivity index (χ3v) is 6.25. The summed E-state index contributed by atoms with van der Waals surface area (Å²) in [5.74, 6) is 0.444. The van der Waals surface area contributed by atoms with Crippen LogP contribution in [0.25, 0.3) is 10.2 Å². The second-order valence-electron chi connectivity index (χ2n) is 7.35. The highest BCUT2D eigenvalue weighted by atomic mass is 32.1. The molecule has 1 aromatic carbocycles. The molecule has 0 aliphatic rings. The number of hydrogen-bond donors (Lipinski definition) is 1. The number of nitrogens with zero attached hydrogens (tertiary/aromatic N) is 3. The lowest BCUT2D eigenvalue weighted by Gasteiger charge is -2.28. The van der Waals surface area contributed by atoms with Crippen molar-refractivity contribution in [2.45, 2.75) is 39.8 Å². The van der Waals surface area contributed by atoms with E-state index in [1.165, 1.54) is 18.4 Å². The highest BCUT2D eigenvalue weighted by Crippen LogP contribution is 2.36. The van der Waals surface area contributed by atoms with E-state index in [0.717, 1.165) is 12.0 Å². The normalized spacial score (nSPS) is 11.9. The summed E-state index contributed by atoms with van der Waals surface area (Å²) in [7, 11) is 3.11. The number of methoxy groups -OCH3 is 2. The first-order valence-electron chi connectivity index (χ1n) is 10.4. The van der Waals surface area contributed by atoms with Crippen molar-refractivity contribution >= 4 is 39.1 Å². The van der Waals surface area contributed by atoms with Gasteiger partial charge in [0.25, 0.3) is 5.91 Å². The van der Waals surface area contributed by atoms with Gasteiger partial charge in [-0.05, 0) is 38.0 Å². The van der Waals surface area contributed by atoms with Crippen LogP contribution >= 0.6 is 11.3 Å². The largest absolute Gasteiger partial charge is 0.480 e. The number of amides is 2.